The molecule has 21 heavy (non-hydrogen) atoms. The van der Waals surface area contributed by atoms with Gasteiger partial charge in [0.2, 0.25) is 11.8 Å². The van der Waals surface area contributed by atoms with Crippen molar-refractivity contribution in [1.82, 2.24) is 10.2 Å². The Kier molecular flexibility index (Phi) is 3.70. The van der Waals surface area contributed by atoms with Crippen molar-refractivity contribution in [2.75, 3.05) is 7.11 Å². The molecule has 1 aromatic carbocycles. The van der Waals surface area contributed by atoms with E-state index in [9.17, 15) is 9.59 Å². The molecule has 0 aliphatic carbocycles. The summed E-state index contributed by atoms with van der Waals surface area (Å²) in [6, 6.07) is 7.53. The van der Waals surface area contributed by atoms with Crippen LogP contribution in [0.5, 0.6) is 5.75 Å². The van der Waals surface area contributed by atoms with Gasteiger partial charge in [0.1, 0.15) is 16.8 Å². The molecule has 0 saturated carbocycles. The van der Waals surface area contributed by atoms with Crippen LogP contribution >= 0.6 is 0 Å². The Morgan fingerprint density at radius 2 is 1.86 bits per heavy atom. The van der Waals surface area contributed by atoms with Crippen LogP contribution in [-0.2, 0) is 16.1 Å². The Hall–Kier alpha value is -2.04. The molecule has 0 aromatic heterocycles. The third-order valence-electron chi connectivity index (χ3n) is 3.91. The van der Waals surface area contributed by atoms with Crippen molar-refractivity contribution in [2.45, 2.75) is 45.3 Å². The van der Waals surface area contributed by atoms with Gasteiger partial charge in [0.25, 0.3) is 0 Å². The van der Waals surface area contributed by atoms with Crippen LogP contribution < -0.4 is 10.1 Å². The Morgan fingerprint density at radius 3 is 2.48 bits per heavy atom. The van der Waals surface area contributed by atoms with Gasteiger partial charge >= 0.3 is 0 Å². The largest absolute Gasteiger partial charge is 0.497 e. The molecule has 1 aromatic rings. The zero-order valence-corrected chi connectivity index (χ0v) is 13.2. The van der Waals surface area contributed by atoms with Gasteiger partial charge in [-0.05, 0) is 45.4 Å². The lowest BCUT2D eigenvalue weighted by Crippen LogP contribution is -2.71. The molecule has 1 aliphatic heterocycles. The summed E-state index contributed by atoms with van der Waals surface area (Å²) in [6.07, 6.45) is 0. The van der Waals surface area contributed by atoms with Gasteiger partial charge in [0.05, 0.1) is 7.11 Å². The molecule has 1 fully saturated rings. The van der Waals surface area contributed by atoms with E-state index < -0.39 is 11.1 Å². The summed E-state index contributed by atoms with van der Waals surface area (Å²) < 4.78 is 5.20. The number of nitrogens with zero attached hydrogens (tertiary/aromatic N) is 1. The molecule has 2 rings (SSSR count). The van der Waals surface area contributed by atoms with Crippen molar-refractivity contribution in [3.63, 3.8) is 0 Å². The van der Waals surface area contributed by atoms with Gasteiger partial charge in [0.15, 0.2) is 0 Å². The second-order valence-corrected chi connectivity index (χ2v) is 6.38. The van der Waals surface area contributed by atoms with E-state index in [4.69, 9.17) is 4.74 Å². The number of nitrogens with one attached hydrogen (secondary N) is 1. The SMILES string of the molecule is COc1cccc(CN2C(=O)C(C)(C)NC(=O)C2(C)C)c1. The monoisotopic (exact) mass is 290 g/mol. The summed E-state index contributed by atoms with van der Waals surface area (Å²) in [5.74, 6) is 0.503. The standard InChI is InChI=1S/C16H22N2O3/c1-15(2)14(20)18(16(3,4)13(19)17-15)10-11-7-6-8-12(9-11)21-5/h6-9H,10H2,1-5H3,(H,17,19). The highest BCUT2D eigenvalue weighted by atomic mass is 16.5. The van der Waals surface area contributed by atoms with Crippen LogP contribution in [0.3, 0.4) is 0 Å². The fourth-order valence-electron chi connectivity index (χ4n) is 2.43. The minimum absolute atomic E-state index is 0.0880. The zero-order valence-electron chi connectivity index (χ0n) is 13.2. The molecule has 114 valence electrons. The maximum Gasteiger partial charge on any atom is 0.248 e. The van der Waals surface area contributed by atoms with Crippen LogP contribution in [0.1, 0.15) is 33.3 Å². The Bertz CT molecular complexity index is 579. The van der Waals surface area contributed by atoms with E-state index in [0.717, 1.165) is 11.3 Å². The fraction of sp³-hybridized carbons (Fsp3) is 0.500. The molecular weight excluding hydrogens is 268 g/mol. The third-order valence-corrected chi connectivity index (χ3v) is 3.91. The number of benzene rings is 1. The minimum atomic E-state index is -0.883. The van der Waals surface area contributed by atoms with Crippen LogP contribution in [0.25, 0.3) is 0 Å². The second kappa shape index (κ2) is 5.06. The highest BCUT2D eigenvalue weighted by molar-refractivity contribution is 6.01. The van der Waals surface area contributed by atoms with Gasteiger partial charge in [-0.25, -0.2) is 0 Å². The number of piperazine rings is 1. The molecule has 0 unspecified atom stereocenters. The third kappa shape index (κ3) is 2.73. The van der Waals surface area contributed by atoms with Crippen molar-refractivity contribution in [1.29, 1.82) is 0 Å². The number of hydrogen-bond donors (Lipinski definition) is 1. The van der Waals surface area contributed by atoms with Crippen molar-refractivity contribution < 1.29 is 14.3 Å². The fourth-order valence-corrected chi connectivity index (χ4v) is 2.43. The van der Waals surface area contributed by atoms with E-state index in [1.807, 2.05) is 24.3 Å². The molecule has 5 nitrogen and oxygen atoms in total. The van der Waals surface area contributed by atoms with Crippen molar-refractivity contribution >= 4 is 11.8 Å². The molecule has 0 bridgehead atoms. The number of hydrogen-bond acceptors (Lipinski definition) is 3. The molecule has 0 radical (unpaired) electrons. The van der Waals surface area contributed by atoms with Crippen LogP contribution in [-0.4, -0.2) is 34.9 Å². The van der Waals surface area contributed by atoms with E-state index in [0.29, 0.717) is 6.54 Å². The number of ether oxygens (including phenoxy) is 1. The first-order valence-corrected chi connectivity index (χ1v) is 6.96. The van der Waals surface area contributed by atoms with Gasteiger partial charge in [-0.3, -0.25) is 9.59 Å². The molecule has 5 heteroatoms. The van der Waals surface area contributed by atoms with Crippen molar-refractivity contribution in [3.8, 4) is 5.75 Å². The Balaban J connectivity index is 2.34. The summed E-state index contributed by atoms with van der Waals surface area (Å²) in [6.45, 7) is 7.34. The van der Waals surface area contributed by atoms with Gasteiger partial charge in [-0.15, -0.1) is 0 Å². The van der Waals surface area contributed by atoms with E-state index in [1.54, 1.807) is 39.7 Å². The lowest BCUT2D eigenvalue weighted by Gasteiger charge is -2.47. The Morgan fingerprint density at radius 1 is 1.19 bits per heavy atom. The smallest absolute Gasteiger partial charge is 0.248 e. The van der Waals surface area contributed by atoms with Gasteiger partial charge < -0.3 is 15.0 Å². The van der Waals surface area contributed by atoms with Crippen LogP contribution in [0.2, 0.25) is 0 Å². The average molecular weight is 290 g/mol. The summed E-state index contributed by atoms with van der Waals surface area (Å²) in [5, 5.41) is 2.78. The molecule has 1 aliphatic rings. The number of amides is 2. The van der Waals surface area contributed by atoms with E-state index in [1.165, 1.54) is 0 Å². The van der Waals surface area contributed by atoms with E-state index in [-0.39, 0.29) is 11.8 Å². The lowest BCUT2D eigenvalue weighted by molar-refractivity contribution is -0.160. The molecular formula is C16H22N2O3. The van der Waals surface area contributed by atoms with Crippen LogP contribution in [0.15, 0.2) is 24.3 Å². The second-order valence-electron chi connectivity index (χ2n) is 6.38. The first-order valence-electron chi connectivity index (χ1n) is 6.96. The van der Waals surface area contributed by atoms with E-state index in [2.05, 4.69) is 5.32 Å². The number of carbonyl (C=O) groups excluding carboxylic acids is 2. The first kappa shape index (κ1) is 15.4. The Labute approximate surface area is 125 Å². The zero-order chi connectivity index (χ0) is 15.8. The topological polar surface area (TPSA) is 58.6 Å². The van der Waals surface area contributed by atoms with Crippen LogP contribution in [0, 0.1) is 0 Å². The predicted molar refractivity (Wildman–Crippen MR) is 79.8 cm³/mol. The lowest BCUT2D eigenvalue weighted by atomic mass is 9.89. The van der Waals surface area contributed by atoms with Crippen LogP contribution in [0.4, 0.5) is 0 Å². The first-order chi connectivity index (χ1) is 9.68. The number of rotatable bonds is 3. The summed E-state index contributed by atoms with van der Waals surface area (Å²) in [5.41, 5.74) is -0.831. The van der Waals surface area contributed by atoms with Gasteiger partial charge in [-0.2, -0.15) is 0 Å². The summed E-state index contributed by atoms with van der Waals surface area (Å²) >= 11 is 0. The molecule has 2 amide bonds. The van der Waals surface area contributed by atoms with Crippen molar-refractivity contribution in [3.05, 3.63) is 29.8 Å². The summed E-state index contributed by atoms with van der Waals surface area (Å²) in [4.78, 5) is 26.5. The summed E-state index contributed by atoms with van der Waals surface area (Å²) in [7, 11) is 1.60. The molecule has 0 spiro atoms. The maximum absolute atomic E-state index is 12.6. The predicted octanol–water partition coefficient (Wildman–Crippen LogP) is 1.71. The normalized spacial score (nSPS) is 20.1. The van der Waals surface area contributed by atoms with Gasteiger partial charge in [0, 0.05) is 6.54 Å². The number of methoxy groups -OCH3 is 1. The highest BCUT2D eigenvalue weighted by Gasteiger charge is 2.49. The van der Waals surface area contributed by atoms with Crippen molar-refractivity contribution in [2.24, 2.45) is 0 Å². The average Bonchev–Trinajstić information content (AvgIpc) is 2.42. The highest BCUT2D eigenvalue weighted by Crippen LogP contribution is 2.28. The molecule has 1 saturated heterocycles. The molecule has 1 heterocycles. The minimum Gasteiger partial charge on any atom is -0.497 e. The maximum atomic E-state index is 12.6. The van der Waals surface area contributed by atoms with E-state index >= 15 is 0 Å². The molecule has 0 atom stereocenters. The number of carbonyl (C=O) groups is 2. The quantitative estimate of drug-likeness (QED) is 0.922. The molecule has 1 N–H and O–H groups in total. The van der Waals surface area contributed by atoms with Gasteiger partial charge in [-0.1, -0.05) is 12.1 Å².